The molecule has 0 aliphatic rings. The Bertz CT molecular complexity index is 470. The second-order valence-corrected chi connectivity index (χ2v) is 10.5. The molecule has 0 unspecified atom stereocenters. The fraction of sp³-hybridized carbons (Fsp3) is 0.357. The van der Waals surface area contributed by atoms with Crippen LogP contribution in [0.3, 0.4) is 0 Å². The number of aromatic nitrogens is 1. The Morgan fingerprint density at radius 2 is 1.89 bits per heavy atom. The zero-order valence-electron chi connectivity index (χ0n) is 11.9. The van der Waals surface area contributed by atoms with Gasteiger partial charge in [0.05, 0.1) is 13.8 Å². The van der Waals surface area contributed by atoms with E-state index in [4.69, 9.17) is 10.5 Å². The van der Waals surface area contributed by atoms with Crippen molar-refractivity contribution in [3.63, 3.8) is 0 Å². The van der Waals surface area contributed by atoms with E-state index in [9.17, 15) is 0 Å². The Hall–Kier alpha value is -1.55. The molecule has 1 aromatic heterocycles. The zero-order valence-corrected chi connectivity index (χ0v) is 12.9. The molecule has 0 aliphatic carbocycles. The molecule has 0 saturated carbocycles. The summed E-state index contributed by atoms with van der Waals surface area (Å²) in [6.45, 7) is 14.3. The second kappa shape index (κ2) is 5.39. The minimum absolute atomic E-state index is 0.200. The average molecular weight is 262 g/mol. The van der Waals surface area contributed by atoms with Crippen molar-refractivity contribution in [1.82, 2.24) is 4.98 Å². The monoisotopic (exact) mass is 262 g/mol. The number of nitrogens with two attached hydrogens (primary N) is 1. The fourth-order valence-electron chi connectivity index (χ4n) is 1.51. The van der Waals surface area contributed by atoms with Crippen molar-refractivity contribution in [2.45, 2.75) is 33.5 Å². The van der Waals surface area contributed by atoms with Crippen LogP contribution in [0.1, 0.15) is 19.5 Å². The van der Waals surface area contributed by atoms with Crippen LogP contribution < -0.4 is 10.9 Å². The second-order valence-electron chi connectivity index (χ2n) is 5.43. The van der Waals surface area contributed by atoms with Gasteiger partial charge in [-0.2, -0.15) is 0 Å². The summed E-state index contributed by atoms with van der Waals surface area (Å²) >= 11 is 0. The van der Waals surface area contributed by atoms with E-state index in [1.165, 1.54) is 5.19 Å². The Labute approximate surface area is 110 Å². The molecule has 1 heterocycles. The average Bonchev–Trinajstić information content (AvgIpc) is 2.26. The van der Waals surface area contributed by atoms with Crippen LogP contribution >= 0.6 is 0 Å². The third-order valence-corrected chi connectivity index (χ3v) is 4.85. The summed E-state index contributed by atoms with van der Waals surface area (Å²) < 4.78 is 5.30. The number of hydrogen-bond donors (Lipinski definition) is 1. The third-order valence-electron chi connectivity index (χ3n) is 2.83. The van der Waals surface area contributed by atoms with Gasteiger partial charge in [-0.15, -0.1) is 0 Å². The van der Waals surface area contributed by atoms with E-state index in [1.807, 2.05) is 26.1 Å². The number of allylic oxidation sites excluding steroid dienone is 2. The lowest BCUT2D eigenvalue weighted by atomic mass is 10.2. The van der Waals surface area contributed by atoms with Crippen LogP contribution in [-0.2, 0) is 4.74 Å². The highest BCUT2D eigenvalue weighted by Crippen LogP contribution is 2.17. The molecule has 0 fully saturated rings. The van der Waals surface area contributed by atoms with E-state index in [2.05, 4.69) is 37.3 Å². The van der Waals surface area contributed by atoms with Gasteiger partial charge in [-0.25, -0.2) is 0 Å². The molecular weight excluding hydrogens is 240 g/mol. The normalized spacial score (nSPS) is 12.9. The number of rotatable bonds is 4. The lowest BCUT2D eigenvalue weighted by molar-refractivity contribution is 0.307. The molecule has 0 spiro atoms. The topological polar surface area (TPSA) is 48.1 Å². The van der Waals surface area contributed by atoms with E-state index in [0.29, 0.717) is 0 Å². The molecule has 0 saturated heterocycles. The molecule has 0 aliphatic heterocycles. The van der Waals surface area contributed by atoms with Crippen LogP contribution in [-0.4, -0.2) is 13.1 Å². The van der Waals surface area contributed by atoms with Gasteiger partial charge in [0.2, 0.25) is 0 Å². The highest BCUT2D eigenvalue weighted by atomic mass is 28.3. The summed E-state index contributed by atoms with van der Waals surface area (Å²) in [4.78, 5) is 4.50. The summed E-state index contributed by atoms with van der Waals surface area (Å²) in [6.07, 6.45) is 1.97. The van der Waals surface area contributed by atoms with Gasteiger partial charge < -0.3 is 10.5 Å². The molecule has 3 nitrogen and oxygen atoms in total. The molecule has 2 N–H and O–H groups in total. The highest BCUT2D eigenvalue weighted by molar-refractivity contribution is 6.88. The minimum atomic E-state index is -1.29. The lowest BCUT2D eigenvalue weighted by Crippen LogP contribution is -2.37. The van der Waals surface area contributed by atoms with Gasteiger partial charge in [0, 0.05) is 11.8 Å². The Morgan fingerprint density at radius 1 is 1.28 bits per heavy atom. The van der Waals surface area contributed by atoms with E-state index in [0.717, 1.165) is 17.0 Å². The highest BCUT2D eigenvalue weighted by Gasteiger charge is 2.16. The Kier molecular flexibility index (Phi) is 4.35. The van der Waals surface area contributed by atoms with Crippen LogP contribution in [0.4, 0.5) is 0 Å². The largest absolute Gasteiger partial charge is 0.447 e. The number of pyridine rings is 1. The van der Waals surface area contributed by atoms with Crippen LogP contribution in [0, 0.1) is 0 Å². The number of nitrogens with zero attached hydrogens (tertiary/aromatic N) is 1. The number of ether oxygens (including phenoxy) is 1. The predicted molar refractivity (Wildman–Crippen MR) is 79.9 cm³/mol. The molecule has 4 heteroatoms. The molecule has 98 valence electrons. The van der Waals surface area contributed by atoms with Crippen LogP contribution in [0.2, 0.25) is 19.6 Å². The van der Waals surface area contributed by atoms with Crippen molar-refractivity contribution in [3.8, 4) is 0 Å². The van der Waals surface area contributed by atoms with Crippen molar-refractivity contribution >= 4 is 18.8 Å². The van der Waals surface area contributed by atoms with Gasteiger partial charge >= 0.3 is 0 Å². The first-order valence-corrected chi connectivity index (χ1v) is 9.48. The molecule has 0 bridgehead atoms. The van der Waals surface area contributed by atoms with E-state index < -0.39 is 8.07 Å². The van der Waals surface area contributed by atoms with Gasteiger partial charge in [0.15, 0.2) is 5.88 Å². The first kappa shape index (κ1) is 14.5. The Morgan fingerprint density at radius 3 is 2.28 bits per heavy atom. The zero-order chi connectivity index (χ0) is 13.9. The lowest BCUT2D eigenvalue weighted by Gasteiger charge is -2.16. The third kappa shape index (κ3) is 3.73. The summed E-state index contributed by atoms with van der Waals surface area (Å²) in [5.74, 6) is 0.932. The van der Waals surface area contributed by atoms with Crippen LogP contribution in [0.5, 0.6) is 0 Å². The maximum Gasteiger partial charge on any atom is 0.183 e. The van der Waals surface area contributed by atoms with Crippen LogP contribution in [0.25, 0.3) is 5.57 Å². The minimum Gasteiger partial charge on any atom is -0.447 e. The van der Waals surface area contributed by atoms with Crippen LogP contribution in [0.15, 0.2) is 36.6 Å². The molecule has 18 heavy (non-hydrogen) atoms. The maximum absolute atomic E-state index is 5.42. The predicted octanol–water partition coefficient (Wildman–Crippen LogP) is 2.82. The summed E-state index contributed by atoms with van der Waals surface area (Å²) in [5.41, 5.74) is 7.31. The molecule has 0 atom stereocenters. The SMILES string of the molecule is C=C(N)O/C(C)=C(/C)c1ccc([Si](C)(C)C)cn1. The summed E-state index contributed by atoms with van der Waals surface area (Å²) in [7, 11) is -1.29. The summed E-state index contributed by atoms with van der Waals surface area (Å²) in [5, 5.41) is 1.35. The van der Waals surface area contributed by atoms with Gasteiger partial charge in [-0.1, -0.05) is 25.7 Å². The van der Waals surface area contributed by atoms with Crippen molar-refractivity contribution in [2.24, 2.45) is 5.73 Å². The molecule has 0 radical (unpaired) electrons. The number of hydrogen-bond acceptors (Lipinski definition) is 3. The molecule has 1 rings (SSSR count). The van der Waals surface area contributed by atoms with E-state index in [-0.39, 0.29) is 5.88 Å². The van der Waals surface area contributed by atoms with Gasteiger partial charge in [-0.05, 0) is 31.7 Å². The fourth-order valence-corrected chi connectivity index (χ4v) is 2.55. The van der Waals surface area contributed by atoms with Crippen molar-refractivity contribution < 1.29 is 4.74 Å². The molecular formula is C14H22N2OSi. The molecule has 0 amide bonds. The quantitative estimate of drug-likeness (QED) is 0.670. The van der Waals surface area contributed by atoms with Crippen molar-refractivity contribution in [2.75, 3.05) is 0 Å². The summed E-state index contributed by atoms with van der Waals surface area (Å²) in [6, 6.07) is 4.19. The molecule has 1 aromatic rings. The van der Waals surface area contributed by atoms with Gasteiger partial charge in [0.25, 0.3) is 0 Å². The van der Waals surface area contributed by atoms with E-state index in [1.54, 1.807) is 0 Å². The first-order valence-electron chi connectivity index (χ1n) is 5.98. The molecule has 0 aromatic carbocycles. The standard InChI is InChI=1S/C14H22N2OSi/c1-10(11(2)17-12(3)15)14-8-7-13(9-16-14)18(4,5)6/h7-9H,3,15H2,1-2,4-6H3/b11-10-. The van der Waals surface area contributed by atoms with Gasteiger partial charge in [0.1, 0.15) is 5.76 Å². The smallest absolute Gasteiger partial charge is 0.183 e. The van der Waals surface area contributed by atoms with Crippen molar-refractivity contribution in [1.29, 1.82) is 0 Å². The Balaban J connectivity index is 3.02. The first-order chi connectivity index (χ1) is 8.21. The maximum atomic E-state index is 5.42. The van der Waals surface area contributed by atoms with E-state index >= 15 is 0 Å². The van der Waals surface area contributed by atoms with Crippen molar-refractivity contribution in [3.05, 3.63) is 42.2 Å². The van der Waals surface area contributed by atoms with Gasteiger partial charge in [-0.3, -0.25) is 4.98 Å².